The summed E-state index contributed by atoms with van der Waals surface area (Å²) < 4.78 is 29.3. The van der Waals surface area contributed by atoms with Crippen LogP contribution in [0.25, 0.3) is 0 Å². The minimum Gasteiger partial charge on any atom is -0.345 e. The summed E-state index contributed by atoms with van der Waals surface area (Å²) in [6, 6.07) is 7.52. The molecule has 2 aliphatic rings. The van der Waals surface area contributed by atoms with E-state index in [0.717, 1.165) is 37.8 Å². The van der Waals surface area contributed by atoms with Gasteiger partial charge in [-0.1, -0.05) is 19.1 Å². The van der Waals surface area contributed by atoms with E-state index in [4.69, 9.17) is 0 Å². The van der Waals surface area contributed by atoms with Crippen LogP contribution >= 0.6 is 0 Å². The van der Waals surface area contributed by atoms with Crippen LogP contribution in [-0.4, -0.2) is 36.3 Å². The van der Waals surface area contributed by atoms with E-state index >= 15 is 0 Å². The Balaban J connectivity index is 1.57. The molecule has 2 heterocycles. The maximum absolute atomic E-state index is 13.1. The van der Waals surface area contributed by atoms with Crippen molar-refractivity contribution in [1.29, 1.82) is 0 Å². The van der Waals surface area contributed by atoms with Crippen LogP contribution in [0.3, 0.4) is 0 Å². The normalized spacial score (nSPS) is 20.3. The quantitative estimate of drug-likeness (QED) is 0.830. The van der Waals surface area contributed by atoms with Crippen LogP contribution in [-0.2, 0) is 29.9 Å². The largest absolute Gasteiger partial charge is 0.345 e. The van der Waals surface area contributed by atoms with Crippen LogP contribution in [0, 0.1) is 5.92 Å². The van der Waals surface area contributed by atoms with Crippen molar-refractivity contribution in [1.82, 2.24) is 8.87 Å². The van der Waals surface area contributed by atoms with Gasteiger partial charge in [0.25, 0.3) is 5.91 Å². The number of aromatic nitrogens is 1. The van der Waals surface area contributed by atoms with Crippen LogP contribution in [0.4, 0.5) is 5.69 Å². The maximum Gasteiger partial charge on any atom is 0.272 e. The third kappa shape index (κ3) is 3.98. The zero-order valence-corrected chi connectivity index (χ0v) is 18.0. The van der Waals surface area contributed by atoms with Gasteiger partial charge in [0.05, 0.1) is 0 Å². The molecule has 6 nitrogen and oxygen atoms in total. The van der Waals surface area contributed by atoms with Crippen molar-refractivity contribution in [3.8, 4) is 0 Å². The molecule has 1 aliphatic carbocycles. The van der Waals surface area contributed by atoms with E-state index in [2.05, 4.69) is 18.3 Å². The van der Waals surface area contributed by atoms with Crippen LogP contribution in [0.1, 0.15) is 54.2 Å². The summed E-state index contributed by atoms with van der Waals surface area (Å²) >= 11 is 0. The van der Waals surface area contributed by atoms with Crippen LogP contribution < -0.4 is 5.32 Å². The number of nitrogens with zero attached hydrogens (tertiary/aromatic N) is 2. The van der Waals surface area contributed by atoms with Crippen molar-refractivity contribution < 1.29 is 13.2 Å². The second kappa shape index (κ2) is 7.95. The molecule has 1 aromatic carbocycles. The first-order valence-corrected chi connectivity index (χ1v) is 11.9. The zero-order valence-electron chi connectivity index (χ0n) is 17.1. The van der Waals surface area contributed by atoms with Crippen molar-refractivity contribution in [2.45, 2.75) is 50.3 Å². The number of carbonyl (C=O) groups is 1. The van der Waals surface area contributed by atoms with Crippen molar-refractivity contribution in [3.63, 3.8) is 0 Å². The lowest BCUT2D eigenvalue weighted by molar-refractivity contribution is 0.101. The van der Waals surface area contributed by atoms with Gasteiger partial charge in [-0.05, 0) is 67.7 Å². The molecule has 0 bridgehead atoms. The number of nitrogens with one attached hydrogen (secondary N) is 1. The highest BCUT2D eigenvalue weighted by molar-refractivity contribution is 7.89. The average Bonchev–Trinajstić information content (AvgIpc) is 3.11. The van der Waals surface area contributed by atoms with Crippen molar-refractivity contribution in [2.24, 2.45) is 13.0 Å². The molecule has 1 aliphatic heterocycles. The molecule has 0 spiro atoms. The van der Waals surface area contributed by atoms with Crippen molar-refractivity contribution >= 4 is 21.6 Å². The molecular weight excluding hydrogens is 386 g/mol. The second-order valence-electron chi connectivity index (χ2n) is 8.39. The fraction of sp³-hybridized carbons (Fsp3) is 0.500. The van der Waals surface area contributed by atoms with Gasteiger partial charge in [-0.15, -0.1) is 0 Å². The predicted molar refractivity (Wildman–Crippen MR) is 114 cm³/mol. The number of rotatable bonds is 4. The monoisotopic (exact) mass is 415 g/mol. The van der Waals surface area contributed by atoms with Gasteiger partial charge in [0.15, 0.2) is 0 Å². The van der Waals surface area contributed by atoms with E-state index < -0.39 is 10.0 Å². The smallest absolute Gasteiger partial charge is 0.272 e. The second-order valence-corrected chi connectivity index (χ2v) is 10.3. The van der Waals surface area contributed by atoms with E-state index in [1.54, 1.807) is 22.1 Å². The zero-order chi connectivity index (χ0) is 20.6. The summed E-state index contributed by atoms with van der Waals surface area (Å²) in [6.07, 6.45) is 7.78. The molecule has 156 valence electrons. The molecule has 7 heteroatoms. The Morgan fingerprint density at radius 1 is 1.17 bits per heavy atom. The van der Waals surface area contributed by atoms with Crippen LogP contribution in [0.2, 0.25) is 0 Å². The van der Waals surface area contributed by atoms with Gasteiger partial charge in [0.1, 0.15) is 10.6 Å². The highest BCUT2D eigenvalue weighted by atomic mass is 32.2. The van der Waals surface area contributed by atoms with E-state index in [-0.39, 0.29) is 10.8 Å². The molecular formula is C22H29N3O3S. The molecule has 0 radical (unpaired) electrons. The van der Waals surface area contributed by atoms with Crippen LogP contribution in [0.15, 0.2) is 35.4 Å². The van der Waals surface area contributed by atoms with E-state index in [0.29, 0.717) is 24.7 Å². The number of sulfonamides is 1. The van der Waals surface area contributed by atoms with Crippen molar-refractivity contribution in [2.75, 3.05) is 18.4 Å². The van der Waals surface area contributed by atoms with Gasteiger partial charge in [0, 0.05) is 32.0 Å². The predicted octanol–water partition coefficient (Wildman–Crippen LogP) is 3.58. The summed E-state index contributed by atoms with van der Waals surface area (Å²) in [5, 5.41) is 3.01. The van der Waals surface area contributed by atoms with Crippen LogP contribution in [0.5, 0.6) is 0 Å². The Morgan fingerprint density at radius 3 is 2.76 bits per heavy atom. The first kappa shape index (κ1) is 20.2. The number of amides is 1. The minimum atomic E-state index is -3.58. The Kier molecular flexibility index (Phi) is 5.53. The molecule has 2 aromatic rings. The third-order valence-corrected chi connectivity index (χ3v) is 7.94. The third-order valence-electron chi connectivity index (χ3n) is 6.11. The molecule has 1 atom stereocenters. The fourth-order valence-electron chi connectivity index (χ4n) is 4.50. The summed E-state index contributed by atoms with van der Waals surface area (Å²) in [5.41, 5.74) is 3.68. The molecule has 1 aromatic heterocycles. The Hall–Kier alpha value is -2.12. The molecule has 0 unspecified atom stereocenters. The highest BCUT2D eigenvalue weighted by Gasteiger charge is 2.30. The van der Waals surface area contributed by atoms with Gasteiger partial charge < -0.3 is 9.88 Å². The number of benzene rings is 1. The van der Waals surface area contributed by atoms with Gasteiger partial charge in [-0.3, -0.25) is 4.79 Å². The molecule has 1 fully saturated rings. The lowest BCUT2D eigenvalue weighted by Gasteiger charge is -2.29. The number of hydrogen-bond donors (Lipinski definition) is 1. The lowest BCUT2D eigenvalue weighted by atomic mass is 9.90. The first-order chi connectivity index (χ1) is 13.9. The lowest BCUT2D eigenvalue weighted by Crippen LogP contribution is -2.38. The standard InChI is InChI=1S/C22H29N3O3S/c1-16-7-6-12-25(14-16)29(27,28)18-13-21(24(2)15-18)22(26)23-20-11-5-9-17-8-3-4-10-19(17)20/h5,9,11,13,15-16H,3-4,6-8,10,12,14H2,1-2H3,(H,23,26)/t16-/m0/s1. The Labute approximate surface area is 173 Å². The SMILES string of the molecule is C[C@H]1CCCN(S(=O)(=O)c2cc(C(=O)Nc3cccc4c3CCCC4)n(C)c2)C1. The molecule has 1 amide bonds. The summed E-state index contributed by atoms with van der Waals surface area (Å²) in [7, 11) is -1.87. The number of aryl methyl sites for hydroxylation is 2. The summed E-state index contributed by atoms with van der Waals surface area (Å²) in [5.74, 6) is 0.0780. The fourth-order valence-corrected chi connectivity index (χ4v) is 6.17. The van der Waals surface area contributed by atoms with Gasteiger partial charge in [-0.2, -0.15) is 4.31 Å². The van der Waals surface area contributed by atoms with E-state index in [1.807, 2.05) is 12.1 Å². The minimum absolute atomic E-state index is 0.189. The maximum atomic E-state index is 13.1. The first-order valence-electron chi connectivity index (χ1n) is 10.4. The Morgan fingerprint density at radius 2 is 1.97 bits per heavy atom. The summed E-state index contributed by atoms with van der Waals surface area (Å²) in [4.78, 5) is 13.1. The molecule has 4 rings (SSSR count). The number of fused-ring (bicyclic) bond motifs is 1. The van der Waals surface area contributed by atoms with Gasteiger partial charge in [-0.25, -0.2) is 8.42 Å². The molecule has 1 saturated heterocycles. The van der Waals surface area contributed by atoms with E-state index in [1.165, 1.54) is 23.6 Å². The molecule has 1 N–H and O–H groups in total. The topological polar surface area (TPSA) is 71.4 Å². The van der Waals surface area contributed by atoms with Crippen molar-refractivity contribution in [3.05, 3.63) is 47.3 Å². The number of carbonyl (C=O) groups excluding carboxylic acids is 1. The number of anilines is 1. The summed E-state index contributed by atoms with van der Waals surface area (Å²) in [6.45, 7) is 3.15. The average molecular weight is 416 g/mol. The number of piperidine rings is 1. The molecule has 29 heavy (non-hydrogen) atoms. The Bertz CT molecular complexity index is 1030. The van der Waals surface area contributed by atoms with E-state index in [9.17, 15) is 13.2 Å². The number of hydrogen-bond acceptors (Lipinski definition) is 3. The van der Waals surface area contributed by atoms with Gasteiger partial charge in [0.2, 0.25) is 10.0 Å². The highest BCUT2D eigenvalue weighted by Crippen LogP contribution is 2.29. The van der Waals surface area contributed by atoms with Gasteiger partial charge >= 0.3 is 0 Å². The molecule has 0 saturated carbocycles.